The molecule has 0 aromatic heterocycles. The quantitative estimate of drug-likeness (QED) is 0.0272. The van der Waals surface area contributed by atoms with Crippen LogP contribution in [0.15, 0.2) is 97.2 Å². The Bertz CT molecular complexity index is 1390. The van der Waals surface area contributed by atoms with Crippen LogP contribution in [-0.4, -0.2) is 68.5 Å². The van der Waals surface area contributed by atoms with Crippen LogP contribution in [0.2, 0.25) is 0 Å². The van der Waals surface area contributed by atoms with Crippen molar-refractivity contribution >= 4 is 13.7 Å². The van der Waals surface area contributed by atoms with E-state index in [9.17, 15) is 19.4 Å². The predicted octanol–water partition coefficient (Wildman–Crippen LogP) is 15.2. The van der Waals surface area contributed by atoms with E-state index in [0.717, 1.165) is 70.6 Å². The van der Waals surface area contributed by atoms with E-state index >= 15 is 0 Å². The second-order valence-electron chi connectivity index (χ2n) is 18.8. The number of unbranched alkanes of at least 4 members (excludes halogenated alkanes) is 20. The van der Waals surface area contributed by atoms with Crippen LogP contribution in [0.1, 0.15) is 206 Å². The highest BCUT2D eigenvalue weighted by Crippen LogP contribution is 2.38. The highest BCUT2D eigenvalue weighted by atomic mass is 31.2. The van der Waals surface area contributed by atoms with Gasteiger partial charge in [0.25, 0.3) is 7.82 Å². The highest BCUT2D eigenvalue weighted by molar-refractivity contribution is 7.45. The third kappa shape index (κ3) is 49.3. The molecule has 8 nitrogen and oxygen atoms in total. The number of nitrogens with one attached hydrogen (secondary N) is 1. The lowest BCUT2D eigenvalue weighted by molar-refractivity contribution is -0.870. The Morgan fingerprint density at radius 1 is 0.545 bits per heavy atom. The Hall–Kier alpha value is -2.58. The van der Waals surface area contributed by atoms with Crippen LogP contribution in [0.25, 0.3) is 0 Å². The van der Waals surface area contributed by atoms with Crippen molar-refractivity contribution in [2.24, 2.45) is 0 Å². The summed E-state index contributed by atoms with van der Waals surface area (Å²) in [6.07, 6.45) is 67.7. The summed E-state index contributed by atoms with van der Waals surface area (Å²) in [5.74, 6) is -0.252. The van der Waals surface area contributed by atoms with Gasteiger partial charge in [0, 0.05) is 6.42 Å². The number of amides is 1. The Kier molecular flexibility index (Phi) is 45.6. The molecule has 380 valence electrons. The fourth-order valence-corrected chi connectivity index (χ4v) is 7.84. The van der Waals surface area contributed by atoms with Crippen LogP contribution < -0.4 is 10.2 Å². The lowest BCUT2D eigenvalue weighted by Crippen LogP contribution is -2.45. The average Bonchev–Trinajstić information content (AvgIpc) is 3.28. The minimum atomic E-state index is -4.62. The summed E-state index contributed by atoms with van der Waals surface area (Å²) < 4.78 is 23.3. The summed E-state index contributed by atoms with van der Waals surface area (Å²) in [5, 5.41) is 13.8. The van der Waals surface area contributed by atoms with Crippen molar-refractivity contribution in [3.63, 3.8) is 0 Å². The van der Waals surface area contributed by atoms with E-state index in [0.29, 0.717) is 17.4 Å². The fourth-order valence-electron chi connectivity index (χ4n) is 7.11. The summed E-state index contributed by atoms with van der Waals surface area (Å²) in [6, 6.07) is -0.934. The van der Waals surface area contributed by atoms with E-state index in [2.05, 4.69) is 104 Å². The molecule has 0 heterocycles. The standard InChI is InChI=1S/C57H101N2O6P/c1-6-8-10-12-14-16-18-20-22-24-26-28-29-31-32-34-36-38-40-42-44-46-48-50-56(60)55(54-65-66(62,63)64-53-52-59(3,4)5)58-57(61)51-49-47-45-43-41-39-37-35-33-30-27-25-23-21-19-17-15-13-11-9-7-2/h9,11,15,17,21,23,27,30,35,37,40-43,48,50,55-56,60H,6-8,10,12-14,16,18-20,22,24-26,28-29,31-34,36,38-39,44-47,49,51-54H2,1-5H3,(H-,58,61,62,63)/b11-9-,17-15-,23-21-,30-27-,37-35-,42-40+,43-41-,50-48+. The van der Waals surface area contributed by atoms with Crippen molar-refractivity contribution in [2.75, 3.05) is 40.9 Å². The van der Waals surface area contributed by atoms with Crippen molar-refractivity contribution in [2.45, 2.75) is 219 Å². The molecule has 0 aromatic carbocycles. The number of aliphatic hydroxyl groups is 1. The Morgan fingerprint density at radius 2 is 0.939 bits per heavy atom. The van der Waals surface area contributed by atoms with Gasteiger partial charge in [0.05, 0.1) is 39.9 Å². The van der Waals surface area contributed by atoms with Gasteiger partial charge < -0.3 is 28.8 Å². The van der Waals surface area contributed by atoms with Gasteiger partial charge in [-0.3, -0.25) is 9.36 Å². The molecule has 0 bridgehead atoms. The summed E-state index contributed by atoms with van der Waals surface area (Å²) in [7, 11) is 1.20. The van der Waals surface area contributed by atoms with Crippen molar-refractivity contribution < 1.29 is 32.9 Å². The first kappa shape index (κ1) is 63.4. The maximum absolute atomic E-state index is 12.9. The first-order valence-corrected chi connectivity index (χ1v) is 28.1. The van der Waals surface area contributed by atoms with Crippen LogP contribution in [0.5, 0.6) is 0 Å². The van der Waals surface area contributed by atoms with E-state index in [1.165, 1.54) is 109 Å². The highest BCUT2D eigenvalue weighted by Gasteiger charge is 2.23. The minimum Gasteiger partial charge on any atom is -0.756 e. The molecule has 0 spiro atoms. The summed E-state index contributed by atoms with van der Waals surface area (Å²) in [5.41, 5.74) is 0. The molecule has 0 aromatic rings. The summed E-state index contributed by atoms with van der Waals surface area (Å²) in [6.45, 7) is 4.48. The zero-order chi connectivity index (χ0) is 48.5. The fraction of sp³-hybridized carbons (Fsp3) is 0.702. The molecule has 1 amide bonds. The number of rotatable bonds is 47. The van der Waals surface area contributed by atoms with Gasteiger partial charge in [-0.15, -0.1) is 0 Å². The summed E-state index contributed by atoms with van der Waals surface area (Å²) >= 11 is 0. The van der Waals surface area contributed by atoms with Gasteiger partial charge in [-0.25, -0.2) is 0 Å². The number of phosphoric acid groups is 1. The monoisotopic (exact) mass is 941 g/mol. The molecule has 0 aliphatic rings. The number of hydrogen-bond donors (Lipinski definition) is 2. The van der Waals surface area contributed by atoms with Crippen LogP contribution in [-0.2, 0) is 18.4 Å². The number of hydrogen-bond acceptors (Lipinski definition) is 6. The Morgan fingerprint density at radius 3 is 1.41 bits per heavy atom. The molecule has 3 unspecified atom stereocenters. The Balaban J connectivity index is 4.44. The normalized spacial score (nSPS) is 14.8. The second-order valence-corrected chi connectivity index (χ2v) is 20.2. The molecule has 66 heavy (non-hydrogen) atoms. The van der Waals surface area contributed by atoms with Crippen molar-refractivity contribution in [1.82, 2.24) is 5.32 Å². The van der Waals surface area contributed by atoms with Crippen molar-refractivity contribution in [3.05, 3.63) is 97.2 Å². The number of allylic oxidation sites excluding steroid dienone is 15. The molecule has 0 aliphatic heterocycles. The molecule has 0 radical (unpaired) electrons. The van der Waals surface area contributed by atoms with Gasteiger partial charge in [0.15, 0.2) is 0 Å². The third-order valence-electron chi connectivity index (χ3n) is 11.3. The first-order valence-electron chi connectivity index (χ1n) is 26.6. The molecule has 0 rings (SSSR count). The maximum Gasteiger partial charge on any atom is 0.268 e. The van der Waals surface area contributed by atoms with E-state index < -0.39 is 26.6 Å². The van der Waals surface area contributed by atoms with Crippen LogP contribution in [0.4, 0.5) is 0 Å². The van der Waals surface area contributed by atoms with Crippen molar-refractivity contribution in [1.29, 1.82) is 0 Å². The van der Waals surface area contributed by atoms with E-state index in [4.69, 9.17) is 9.05 Å². The lowest BCUT2D eigenvalue weighted by atomic mass is 10.0. The van der Waals surface area contributed by atoms with E-state index in [1.54, 1.807) is 6.08 Å². The van der Waals surface area contributed by atoms with Gasteiger partial charge in [-0.05, 0) is 83.5 Å². The first-order chi connectivity index (χ1) is 32.0. The topological polar surface area (TPSA) is 108 Å². The SMILES string of the molecule is CC/C=C\C/C=C\C/C=C\C/C=C\C/C=C\C/C=C\CCCCC(=O)NC(COP(=O)([O-])OCC[N+](C)(C)C)C(O)/C=C/CC/C=C/CCCCCCCCCCCCCCCCCCC. The molecule has 0 aliphatic carbocycles. The molecular weight excluding hydrogens is 840 g/mol. The molecule has 0 saturated carbocycles. The van der Waals surface area contributed by atoms with Gasteiger partial charge in [0.1, 0.15) is 13.2 Å². The lowest BCUT2D eigenvalue weighted by Gasteiger charge is -2.29. The number of phosphoric ester groups is 1. The van der Waals surface area contributed by atoms with Crippen LogP contribution in [0, 0.1) is 0 Å². The number of nitrogens with zero attached hydrogens (tertiary/aromatic N) is 1. The number of carbonyl (C=O) groups excluding carboxylic acids is 1. The Labute approximate surface area is 407 Å². The average molecular weight is 941 g/mol. The zero-order valence-electron chi connectivity index (χ0n) is 43.1. The van der Waals surface area contributed by atoms with Gasteiger partial charge in [0.2, 0.25) is 5.91 Å². The number of quaternary nitrogens is 1. The molecule has 9 heteroatoms. The molecular formula is C57H101N2O6P. The molecule has 3 atom stereocenters. The molecule has 0 saturated heterocycles. The zero-order valence-corrected chi connectivity index (χ0v) is 44.0. The van der Waals surface area contributed by atoms with Crippen molar-refractivity contribution in [3.8, 4) is 0 Å². The summed E-state index contributed by atoms with van der Waals surface area (Å²) in [4.78, 5) is 25.4. The third-order valence-corrected chi connectivity index (χ3v) is 12.2. The van der Waals surface area contributed by atoms with Gasteiger partial charge in [-0.2, -0.15) is 0 Å². The van der Waals surface area contributed by atoms with E-state index in [-0.39, 0.29) is 18.9 Å². The number of carbonyl (C=O) groups is 1. The van der Waals surface area contributed by atoms with Crippen LogP contribution in [0.3, 0.4) is 0 Å². The largest absolute Gasteiger partial charge is 0.756 e. The van der Waals surface area contributed by atoms with Crippen LogP contribution >= 0.6 is 7.82 Å². The smallest absolute Gasteiger partial charge is 0.268 e. The number of likely N-dealkylation sites (N-methyl/N-ethyl adjacent to an activating group) is 1. The minimum absolute atomic E-state index is 0.0203. The maximum atomic E-state index is 12.9. The van der Waals surface area contributed by atoms with Gasteiger partial charge >= 0.3 is 0 Å². The second kappa shape index (κ2) is 47.5. The van der Waals surface area contributed by atoms with E-state index in [1.807, 2.05) is 27.2 Å². The molecule has 0 fully saturated rings. The van der Waals surface area contributed by atoms with Gasteiger partial charge in [-0.1, -0.05) is 214 Å². The molecule has 2 N–H and O–H groups in total. The predicted molar refractivity (Wildman–Crippen MR) is 283 cm³/mol. The number of aliphatic hydroxyl groups excluding tert-OH is 1.